The van der Waals surface area contributed by atoms with Gasteiger partial charge in [-0.15, -0.1) is 0 Å². The first-order valence-electron chi connectivity index (χ1n) is 7.42. The number of halogens is 2. The topological polar surface area (TPSA) is 75.3 Å². The van der Waals surface area contributed by atoms with Gasteiger partial charge in [-0.3, -0.25) is 4.79 Å². The Morgan fingerprint density at radius 3 is 2.16 bits per heavy atom. The Hall–Kier alpha value is -1.60. The first kappa shape index (κ1) is 19.7. The summed E-state index contributed by atoms with van der Waals surface area (Å²) in [6, 6.07) is 8.19. The van der Waals surface area contributed by atoms with Crippen LogP contribution in [0.2, 0.25) is 10.0 Å². The molecule has 25 heavy (non-hydrogen) atoms. The van der Waals surface area contributed by atoms with Crippen LogP contribution < -0.4 is 10.0 Å². The number of hydrogen-bond donors (Lipinski definition) is 2. The van der Waals surface area contributed by atoms with E-state index < -0.39 is 22.5 Å². The summed E-state index contributed by atoms with van der Waals surface area (Å²) in [5.74, 6) is -0.510. The number of amides is 1. The highest BCUT2D eigenvalue weighted by molar-refractivity contribution is 7.89. The number of hydrogen-bond acceptors (Lipinski definition) is 3. The van der Waals surface area contributed by atoms with Crippen LogP contribution in [0.4, 0.5) is 5.69 Å². The molecule has 5 nitrogen and oxygen atoms in total. The monoisotopic (exact) mass is 400 g/mol. The highest BCUT2D eigenvalue weighted by Gasteiger charge is 2.20. The van der Waals surface area contributed by atoms with Crippen LogP contribution in [0.15, 0.2) is 35.2 Å². The van der Waals surface area contributed by atoms with Gasteiger partial charge in [0, 0.05) is 5.69 Å². The van der Waals surface area contributed by atoms with E-state index in [0.29, 0.717) is 26.9 Å². The predicted octanol–water partition coefficient (Wildman–Crippen LogP) is 3.84. The van der Waals surface area contributed by atoms with Crippen molar-refractivity contribution in [3.8, 4) is 0 Å². The maximum Gasteiger partial charge on any atom is 0.241 e. The minimum atomic E-state index is -3.80. The van der Waals surface area contributed by atoms with E-state index in [1.165, 1.54) is 6.07 Å². The molecule has 2 aromatic rings. The van der Waals surface area contributed by atoms with Gasteiger partial charge in [-0.2, -0.15) is 0 Å². The van der Waals surface area contributed by atoms with Crippen LogP contribution >= 0.6 is 23.2 Å². The molecule has 0 aliphatic heterocycles. The first-order valence-corrected chi connectivity index (χ1v) is 9.66. The van der Waals surface area contributed by atoms with Gasteiger partial charge in [0.05, 0.1) is 21.5 Å². The second-order valence-electron chi connectivity index (χ2n) is 5.73. The fraction of sp³-hybridized carbons (Fsp3) is 0.235. The van der Waals surface area contributed by atoms with Crippen LogP contribution in [-0.2, 0) is 14.8 Å². The number of anilines is 1. The van der Waals surface area contributed by atoms with Crippen LogP contribution in [0, 0.1) is 20.8 Å². The minimum Gasteiger partial charge on any atom is -0.325 e. The van der Waals surface area contributed by atoms with Crippen LogP contribution in [0.1, 0.15) is 16.7 Å². The molecular formula is C17H18Cl2N2O3S. The molecule has 2 aromatic carbocycles. The van der Waals surface area contributed by atoms with Crippen molar-refractivity contribution in [2.45, 2.75) is 25.7 Å². The van der Waals surface area contributed by atoms with E-state index in [1.54, 1.807) is 38.1 Å². The smallest absolute Gasteiger partial charge is 0.241 e. The van der Waals surface area contributed by atoms with E-state index >= 15 is 0 Å². The molecule has 0 saturated heterocycles. The number of carbonyl (C=O) groups is 1. The summed E-state index contributed by atoms with van der Waals surface area (Å²) in [5, 5.41) is 3.23. The third kappa shape index (κ3) is 4.95. The van der Waals surface area contributed by atoms with Gasteiger partial charge in [-0.05, 0) is 50.1 Å². The predicted molar refractivity (Wildman–Crippen MR) is 101 cm³/mol. The number of sulfonamides is 1. The molecule has 0 atom stereocenters. The van der Waals surface area contributed by atoms with E-state index in [1.807, 2.05) is 6.92 Å². The maximum atomic E-state index is 12.5. The van der Waals surface area contributed by atoms with Gasteiger partial charge in [0.25, 0.3) is 0 Å². The molecule has 0 unspecified atom stereocenters. The van der Waals surface area contributed by atoms with Crippen molar-refractivity contribution in [1.82, 2.24) is 4.72 Å². The Kier molecular flexibility index (Phi) is 6.11. The molecular weight excluding hydrogens is 383 g/mol. The molecule has 0 bridgehead atoms. The molecule has 0 aliphatic carbocycles. The normalized spacial score (nSPS) is 11.4. The summed E-state index contributed by atoms with van der Waals surface area (Å²) in [6.07, 6.45) is 0. The highest BCUT2D eigenvalue weighted by atomic mass is 35.5. The van der Waals surface area contributed by atoms with Crippen molar-refractivity contribution in [3.63, 3.8) is 0 Å². The number of aryl methyl sites for hydroxylation is 3. The summed E-state index contributed by atoms with van der Waals surface area (Å²) in [6.45, 7) is 4.96. The molecule has 1 amide bonds. The van der Waals surface area contributed by atoms with E-state index in [4.69, 9.17) is 23.2 Å². The lowest BCUT2D eigenvalue weighted by atomic mass is 10.1. The summed E-state index contributed by atoms with van der Waals surface area (Å²) >= 11 is 11.7. The molecule has 2 rings (SSSR count). The van der Waals surface area contributed by atoms with Crippen molar-refractivity contribution in [2.24, 2.45) is 0 Å². The van der Waals surface area contributed by atoms with Gasteiger partial charge >= 0.3 is 0 Å². The van der Waals surface area contributed by atoms with Gasteiger partial charge in [0.2, 0.25) is 15.9 Å². The molecule has 2 N–H and O–H groups in total. The van der Waals surface area contributed by atoms with E-state index in [0.717, 1.165) is 5.56 Å². The molecule has 0 aromatic heterocycles. The third-order valence-electron chi connectivity index (χ3n) is 3.50. The molecule has 134 valence electrons. The van der Waals surface area contributed by atoms with Gasteiger partial charge < -0.3 is 5.32 Å². The lowest BCUT2D eigenvalue weighted by Gasteiger charge is -2.13. The standard InChI is InChI=1S/C17H18Cl2N2O3S/c1-10-6-11(2)17(12(3)7-10)25(23,24)20-9-16(22)21-13-4-5-14(18)15(19)8-13/h4-8,20H,9H2,1-3H3,(H,21,22). The second-order valence-corrected chi connectivity index (χ2v) is 8.25. The second kappa shape index (κ2) is 7.74. The summed E-state index contributed by atoms with van der Waals surface area (Å²) in [4.78, 5) is 12.2. The van der Waals surface area contributed by atoms with Gasteiger partial charge in [0.15, 0.2) is 0 Å². The summed E-state index contributed by atoms with van der Waals surface area (Å²) in [5.41, 5.74) is 2.68. The van der Waals surface area contributed by atoms with Gasteiger partial charge in [-0.1, -0.05) is 40.9 Å². The quantitative estimate of drug-likeness (QED) is 0.800. The lowest BCUT2D eigenvalue weighted by molar-refractivity contribution is -0.115. The van der Waals surface area contributed by atoms with E-state index in [2.05, 4.69) is 10.0 Å². The Bertz CT molecular complexity index is 904. The van der Waals surface area contributed by atoms with Crippen molar-refractivity contribution in [1.29, 1.82) is 0 Å². The Morgan fingerprint density at radius 2 is 1.60 bits per heavy atom. The number of benzene rings is 2. The van der Waals surface area contributed by atoms with Crippen LogP contribution in [0.5, 0.6) is 0 Å². The van der Waals surface area contributed by atoms with E-state index in [-0.39, 0.29) is 4.90 Å². The lowest BCUT2D eigenvalue weighted by Crippen LogP contribution is -2.33. The number of nitrogens with one attached hydrogen (secondary N) is 2. The Labute approximate surface area is 157 Å². The Balaban J connectivity index is 2.09. The zero-order valence-electron chi connectivity index (χ0n) is 14.0. The molecule has 0 heterocycles. The molecule has 0 fully saturated rings. The van der Waals surface area contributed by atoms with Gasteiger partial charge in [0.1, 0.15) is 0 Å². The molecule has 0 spiro atoms. The zero-order valence-corrected chi connectivity index (χ0v) is 16.3. The number of rotatable bonds is 5. The average molecular weight is 401 g/mol. The summed E-state index contributed by atoms with van der Waals surface area (Å²) < 4.78 is 27.3. The average Bonchev–Trinajstić information content (AvgIpc) is 2.48. The fourth-order valence-corrected chi connectivity index (χ4v) is 4.33. The number of carbonyl (C=O) groups excluding carboxylic acids is 1. The Morgan fingerprint density at radius 1 is 1.00 bits per heavy atom. The third-order valence-corrected chi connectivity index (χ3v) is 5.94. The minimum absolute atomic E-state index is 0.195. The zero-order chi connectivity index (χ0) is 18.8. The molecule has 8 heteroatoms. The summed E-state index contributed by atoms with van der Waals surface area (Å²) in [7, 11) is -3.80. The van der Waals surface area contributed by atoms with Crippen molar-refractivity contribution in [2.75, 3.05) is 11.9 Å². The SMILES string of the molecule is Cc1cc(C)c(S(=O)(=O)NCC(=O)Nc2ccc(Cl)c(Cl)c2)c(C)c1. The van der Waals surface area contributed by atoms with Crippen molar-refractivity contribution >= 4 is 44.8 Å². The maximum absolute atomic E-state index is 12.5. The fourth-order valence-electron chi connectivity index (χ4n) is 2.60. The molecule has 0 saturated carbocycles. The van der Waals surface area contributed by atoms with Crippen molar-refractivity contribution < 1.29 is 13.2 Å². The van der Waals surface area contributed by atoms with Gasteiger partial charge in [-0.25, -0.2) is 13.1 Å². The van der Waals surface area contributed by atoms with Crippen LogP contribution in [-0.4, -0.2) is 20.9 Å². The van der Waals surface area contributed by atoms with Crippen LogP contribution in [0.3, 0.4) is 0 Å². The van der Waals surface area contributed by atoms with E-state index in [9.17, 15) is 13.2 Å². The highest BCUT2D eigenvalue weighted by Crippen LogP contribution is 2.25. The first-order chi connectivity index (χ1) is 11.6. The molecule has 0 aliphatic rings. The molecule has 0 radical (unpaired) electrons. The van der Waals surface area contributed by atoms with Crippen molar-refractivity contribution in [3.05, 3.63) is 57.1 Å². The van der Waals surface area contributed by atoms with Crippen LogP contribution in [0.25, 0.3) is 0 Å². The largest absolute Gasteiger partial charge is 0.325 e.